The van der Waals surface area contributed by atoms with Crippen LogP contribution in [-0.4, -0.2) is 186 Å². The summed E-state index contributed by atoms with van der Waals surface area (Å²) in [7, 11) is 0. The highest BCUT2D eigenvalue weighted by atomic mass is 16.4. The van der Waals surface area contributed by atoms with E-state index >= 15 is 0 Å². The van der Waals surface area contributed by atoms with E-state index in [1.165, 1.54) is 6.92 Å². The van der Waals surface area contributed by atoms with Gasteiger partial charge in [-0.3, -0.25) is 71.9 Å². The molecule has 0 aliphatic rings. The first-order chi connectivity index (χ1) is 33.9. The Morgan fingerprint density at radius 1 is 0.356 bits per heavy atom. The number of nitrogens with two attached hydrogens (primary N) is 1. The zero-order valence-electron chi connectivity index (χ0n) is 40.0. The fraction of sp³-hybridized carbons (Fsp3) is 0.610. The Kier molecular flexibility index (Phi) is 28.8. The molecule has 0 aliphatic heterocycles. The number of carboxylic acids is 5. The van der Waals surface area contributed by atoms with Crippen LogP contribution >= 0.6 is 0 Å². The van der Waals surface area contributed by atoms with Gasteiger partial charge in [-0.25, -0.2) is 0 Å². The summed E-state index contributed by atoms with van der Waals surface area (Å²) in [6.07, 6.45) is -7.89. The Bertz CT molecular complexity index is 2100. The van der Waals surface area contributed by atoms with Gasteiger partial charge < -0.3 is 89.0 Å². The van der Waals surface area contributed by atoms with Crippen molar-refractivity contribution in [2.45, 2.75) is 153 Å². The molecular weight excluding hydrogens is 984 g/mol. The number of nitrogens with one attached hydrogen (secondary N) is 9. The molecule has 32 heteroatoms. The summed E-state index contributed by atoms with van der Waals surface area (Å²) in [5.41, 5.74) is 5.15. The molecule has 10 amide bonds. The zero-order chi connectivity index (χ0) is 56.3. The van der Waals surface area contributed by atoms with Crippen LogP contribution < -0.4 is 53.6 Å². The molecule has 17 N–H and O–H groups in total. The number of carbonyl (C=O) groups excluding carboxylic acids is 11. The van der Waals surface area contributed by atoms with Crippen LogP contribution in [0.25, 0.3) is 0 Å². The number of primary amides is 1. The van der Waals surface area contributed by atoms with Crippen LogP contribution in [0, 0.1) is 0 Å². The molecule has 0 bridgehead atoms. The maximum absolute atomic E-state index is 13.6. The van der Waals surface area contributed by atoms with Crippen molar-refractivity contribution in [3.05, 3.63) is 0 Å². The van der Waals surface area contributed by atoms with E-state index in [0.717, 1.165) is 20.8 Å². The lowest BCUT2D eigenvalue weighted by Gasteiger charge is -2.27. The van der Waals surface area contributed by atoms with Crippen LogP contribution in [0.1, 0.15) is 98.3 Å². The van der Waals surface area contributed by atoms with Gasteiger partial charge in [0.05, 0.1) is 13.0 Å². The molecule has 73 heavy (non-hydrogen) atoms. The van der Waals surface area contributed by atoms with E-state index in [1.54, 1.807) is 0 Å². The van der Waals surface area contributed by atoms with E-state index in [4.69, 9.17) is 10.8 Å². The second kappa shape index (κ2) is 32.5. The normalized spacial score (nSPS) is 14.4. The number of Topliss-reactive ketones (excluding diaryl/α,β-unsaturated/α-hetero) is 1. The Morgan fingerprint density at radius 2 is 0.630 bits per heavy atom. The molecule has 0 aromatic rings. The largest absolute Gasteiger partial charge is 0.481 e. The molecule has 9 atom stereocenters. The van der Waals surface area contributed by atoms with Gasteiger partial charge in [0.25, 0.3) is 0 Å². The quantitative estimate of drug-likeness (QED) is 0.0277. The fourth-order valence-corrected chi connectivity index (χ4v) is 6.01. The number of rotatable bonds is 36. The molecule has 0 fully saturated rings. The zero-order valence-corrected chi connectivity index (χ0v) is 40.0. The van der Waals surface area contributed by atoms with E-state index in [-0.39, 0.29) is 0 Å². The predicted molar refractivity (Wildman–Crippen MR) is 240 cm³/mol. The topological polar surface area (TPSA) is 529 Å². The number of aliphatic hydroxyl groups is 1. The standard InChI is InChI=1S/C41H62N10O22/c1-17(53)5-6-21(49-40(72)26(15-32(63)64)51-39(71)25(10-14-31(61)62)50-41(73)27(16-52)45-20(4)54)36(68)44-19(3)34(66)46-23(8-12-29(57)58)37(69)48-24(9-13-30(59)60)38(70)47-22(7-11-28(55)56)35(67)43-18(2)33(42)65/h18-19,21-27,52H,5-16H2,1-4H3,(H2,42,65)(H,43,67)(H,44,68)(H,45,54)(H,46,66)(H,47,70)(H,48,69)(H,49,72)(H,50,73)(H,51,71)(H,55,56)(H,57,58)(H,59,60)(H,61,62)(H,63,64)/t18?,19?,21-,22-,23-,24?,25-,26?,27?/m1/s1. The first-order valence-electron chi connectivity index (χ1n) is 22.1. The summed E-state index contributed by atoms with van der Waals surface area (Å²) in [4.78, 5) is 199. The van der Waals surface area contributed by atoms with Crippen molar-refractivity contribution in [1.29, 1.82) is 0 Å². The van der Waals surface area contributed by atoms with Gasteiger partial charge >= 0.3 is 29.8 Å². The highest BCUT2D eigenvalue weighted by Gasteiger charge is 2.35. The molecule has 0 saturated heterocycles. The van der Waals surface area contributed by atoms with Crippen LogP contribution in [-0.2, 0) is 76.7 Å². The second-order valence-electron chi connectivity index (χ2n) is 16.2. The minimum Gasteiger partial charge on any atom is -0.481 e. The average molecular weight is 1050 g/mol. The van der Waals surface area contributed by atoms with Gasteiger partial charge in [0.15, 0.2) is 0 Å². The third-order valence-corrected chi connectivity index (χ3v) is 9.96. The third kappa shape index (κ3) is 27.0. The van der Waals surface area contributed by atoms with Gasteiger partial charge in [-0.05, 0) is 52.9 Å². The van der Waals surface area contributed by atoms with E-state index in [0.29, 0.717) is 0 Å². The van der Waals surface area contributed by atoms with Crippen LogP contribution in [0.3, 0.4) is 0 Å². The van der Waals surface area contributed by atoms with Crippen molar-refractivity contribution >= 4 is 94.7 Å². The van der Waals surface area contributed by atoms with E-state index in [2.05, 4.69) is 42.5 Å². The Hall–Kier alpha value is -8.32. The van der Waals surface area contributed by atoms with Crippen molar-refractivity contribution in [1.82, 2.24) is 47.9 Å². The number of hydrogen-bond acceptors (Lipinski definition) is 17. The summed E-state index contributed by atoms with van der Waals surface area (Å²) in [5, 5.41) is 75.3. The van der Waals surface area contributed by atoms with Crippen LogP contribution in [0.4, 0.5) is 0 Å². The predicted octanol–water partition coefficient (Wildman–Crippen LogP) is -6.81. The summed E-state index contributed by atoms with van der Waals surface area (Å²) in [6, 6.07) is -15.8. The number of hydrogen-bond donors (Lipinski definition) is 16. The molecule has 5 unspecified atom stereocenters. The van der Waals surface area contributed by atoms with Crippen LogP contribution in [0.5, 0.6) is 0 Å². The highest BCUT2D eigenvalue weighted by molar-refractivity contribution is 5.99. The number of ketones is 1. The molecule has 0 rings (SSSR count). The number of aliphatic hydroxyl groups excluding tert-OH is 1. The van der Waals surface area contributed by atoms with Gasteiger partial charge in [-0.2, -0.15) is 0 Å². The molecule has 0 spiro atoms. The first-order valence-corrected chi connectivity index (χ1v) is 22.1. The lowest BCUT2D eigenvalue weighted by atomic mass is 10.0. The maximum Gasteiger partial charge on any atom is 0.305 e. The molecule has 0 heterocycles. The van der Waals surface area contributed by atoms with E-state index in [1.807, 2.05) is 5.32 Å². The third-order valence-electron chi connectivity index (χ3n) is 9.96. The van der Waals surface area contributed by atoms with E-state index in [9.17, 15) is 102 Å². The maximum atomic E-state index is 13.6. The number of aliphatic carboxylic acids is 5. The summed E-state index contributed by atoms with van der Waals surface area (Å²) in [5.74, 6) is -19.9. The van der Waals surface area contributed by atoms with Gasteiger partial charge in [0, 0.05) is 39.0 Å². The molecule has 0 aromatic heterocycles. The van der Waals surface area contributed by atoms with E-state index < -0.39 is 226 Å². The smallest absolute Gasteiger partial charge is 0.305 e. The Morgan fingerprint density at radius 3 is 0.918 bits per heavy atom. The SMILES string of the molecule is CC(=O)CC[C@@H](NC(=O)C(CC(=O)O)NC(=O)[C@@H](CCC(=O)O)NC(=O)C(CO)NC(C)=O)C(=O)NC(C)C(=O)N[C@H](CCC(=O)O)C(=O)NC(CCC(=O)O)C(=O)N[C@H](CCC(=O)O)C(=O)NC(C)C(N)=O. The molecule has 0 saturated carbocycles. The number of carboxylic acid groups (broad SMARTS) is 5. The van der Waals surface area contributed by atoms with Crippen molar-refractivity contribution in [3.63, 3.8) is 0 Å². The Labute approximate surface area is 414 Å². The molecule has 0 aliphatic carbocycles. The van der Waals surface area contributed by atoms with Gasteiger partial charge in [0.2, 0.25) is 59.1 Å². The summed E-state index contributed by atoms with van der Waals surface area (Å²) >= 11 is 0. The van der Waals surface area contributed by atoms with Crippen LogP contribution in [0.15, 0.2) is 0 Å². The lowest BCUT2D eigenvalue weighted by Crippen LogP contribution is -2.60. The van der Waals surface area contributed by atoms with Crippen LogP contribution in [0.2, 0.25) is 0 Å². The minimum atomic E-state index is -2.08. The first kappa shape index (κ1) is 64.7. The molecule has 408 valence electrons. The molecule has 0 aromatic carbocycles. The fourth-order valence-electron chi connectivity index (χ4n) is 6.01. The lowest BCUT2D eigenvalue weighted by molar-refractivity contribution is -0.142. The van der Waals surface area contributed by atoms with Crippen molar-refractivity contribution in [3.8, 4) is 0 Å². The number of carbonyl (C=O) groups is 16. The van der Waals surface area contributed by atoms with Gasteiger partial charge in [0.1, 0.15) is 60.2 Å². The van der Waals surface area contributed by atoms with Gasteiger partial charge in [-0.15, -0.1) is 0 Å². The Balaban J connectivity index is 6.60. The van der Waals surface area contributed by atoms with Crippen molar-refractivity contribution in [2.75, 3.05) is 6.61 Å². The van der Waals surface area contributed by atoms with Crippen molar-refractivity contribution in [2.24, 2.45) is 5.73 Å². The number of amides is 10. The molecule has 32 nitrogen and oxygen atoms in total. The average Bonchev–Trinajstić information content (AvgIpc) is 3.28. The van der Waals surface area contributed by atoms with Crippen molar-refractivity contribution < 1.29 is 107 Å². The minimum absolute atomic E-state index is 0.427. The summed E-state index contributed by atoms with van der Waals surface area (Å²) < 4.78 is 0. The van der Waals surface area contributed by atoms with Gasteiger partial charge in [-0.1, -0.05) is 0 Å². The monoisotopic (exact) mass is 1050 g/mol. The summed E-state index contributed by atoms with van der Waals surface area (Å²) in [6.45, 7) is 3.32. The second-order valence-corrected chi connectivity index (χ2v) is 16.2. The molecule has 0 radical (unpaired) electrons. The highest BCUT2D eigenvalue weighted by Crippen LogP contribution is 2.09. The molecular formula is C41H62N10O22.